The summed E-state index contributed by atoms with van der Waals surface area (Å²) in [4.78, 5) is 29.8. The second-order valence-electron chi connectivity index (χ2n) is 7.27. The second kappa shape index (κ2) is 8.45. The predicted octanol–water partition coefficient (Wildman–Crippen LogP) is 2.47. The summed E-state index contributed by atoms with van der Waals surface area (Å²) >= 11 is 0. The van der Waals surface area contributed by atoms with Gasteiger partial charge in [0.05, 0.1) is 19.2 Å². The monoisotopic (exact) mass is 413 g/mol. The number of hydrogen-bond donors (Lipinski definition) is 1. The third-order valence-corrected chi connectivity index (χ3v) is 4.90. The van der Waals surface area contributed by atoms with Crippen molar-refractivity contribution in [2.45, 2.75) is 25.3 Å². The highest BCUT2D eigenvalue weighted by atomic mass is 19.3. The van der Waals surface area contributed by atoms with E-state index in [0.29, 0.717) is 11.1 Å². The van der Waals surface area contributed by atoms with Gasteiger partial charge < -0.3 is 14.8 Å². The summed E-state index contributed by atoms with van der Waals surface area (Å²) in [5.41, 5.74) is 2.77. The van der Waals surface area contributed by atoms with E-state index in [-0.39, 0.29) is 0 Å². The summed E-state index contributed by atoms with van der Waals surface area (Å²) in [5.74, 6) is -4.35. The Bertz CT molecular complexity index is 1040. The van der Waals surface area contributed by atoms with Gasteiger partial charge in [-0.3, -0.25) is 14.6 Å². The van der Waals surface area contributed by atoms with E-state index in [1.165, 1.54) is 18.5 Å². The van der Waals surface area contributed by atoms with Gasteiger partial charge in [-0.05, 0) is 36.3 Å². The average Bonchev–Trinajstić information content (AvgIpc) is 3.28. The van der Waals surface area contributed by atoms with Crippen molar-refractivity contribution in [3.63, 3.8) is 0 Å². The van der Waals surface area contributed by atoms with Gasteiger partial charge in [0, 0.05) is 49.4 Å². The number of halogens is 2. The Morgan fingerprint density at radius 2 is 2.20 bits per heavy atom. The zero-order chi connectivity index (χ0) is 21.9. The second-order valence-corrected chi connectivity index (χ2v) is 7.27. The molecular weight excluding hydrogens is 392 g/mol. The third-order valence-electron chi connectivity index (χ3n) is 4.90. The zero-order valence-corrected chi connectivity index (χ0v) is 16.6. The summed E-state index contributed by atoms with van der Waals surface area (Å²) in [5, 5.41) is 11.5. The highest BCUT2D eigenvalue weighted by Gasteiger charge is 2.47. The number of nitrogens with one attached hydrogen (secondary N) is 1. The lowest BCUT2D eigenvalue weighted by Gasteiger charge is -2.19. The van der Waals surface area contributed by atoms with Gasteiger partial charge in [-0.1, -0.05) is 0 Å². The van der Waals surface area contributed by atoms with Crippen molar-refractivity contribution in [3.05, 3.63) is 53.6 Å². The van der Waals surface area contributed by atoms with Gasteiger partial charge in [0.15, 0.2) is 0 Å². The molecule has 1 saturated heterocycles. The molecule has 2 amide bonds. The molecule has 1 aliphatic rings. The highest BCUT2D eigenvalue weighted by Crippen LogP contribution is 2.31. The topological polar surface area (TPSA) is 91.0 Å². The molecule has 1 fully saturated rings. The quantitative estimate of drug-likeness (QED) is 0.815. The molecule has 0 saturated carbocycles. The predicted molar refractivity (Wildman–Crippen MR) is 106 cm³/mol. The number of rotatable bonds is 5. The molecule has 0 spiro atoms. The molecule has 156 valence electrons. The Balaban J connectivity index is 1.71. The molecule has 2 aromatic rings. The van der Waals surface area contributed by atoms with Crippen LogP contribution in [0.25, 0.3) is 11.6 Å². The van der Waals surface area contributed by atoms with Crippen LogP contribution in [0.3, 0.4) is 0 Å². The Morgan fingerprint density at radius 3 is 2.87 bits per heavy atom. The minimum Gasteiger partial charge on any atom is -0.357 e. The van der Waals surface area contributed by atoms with Crippen LogP contribution in [0.5, 0.6) is 0 Å². The Hall–Kier alpha value is -3.54. The fourth-order valence-electron chi connectivity index (χ4n) is 3.33. The molecular formula is C21H21F2N5O2. The molecule has 1 atom stereocenters. The molecule has 30 heavy (non-hydrogen) atoms. The number of aryl methyl sites for hydroxylation is 1. The van der Waals surface area contributed by atoms with Crippen molar-refractivity contribution in [2.24, 2.45) is 7.05 Å². The van der Waals surface area contributed by atoms with Crippen molar-refractivity contribution in [1.29, 1.82) is 5.26 Å². The van der Waals surface area contributed by atoms with Crippen LogP contribution in [0, 0.1) is 11.3 Å². The van der Waals surface area contributed by atoms with Crippen LogP contribution >= 0.6 is 0 Å². The van der Waals surface area contributed by atoms with Crippen molar-refractivity contribution >= 4 is 23.5 Å². The molecule has 1 aliphatic heterocycles. The van der Waals surface area contributed by atoms with Crippen LogP contribution < -0.4 is 5.32 Å². The lowest BCUT2D eigenvalue weighted by atomic mass is 10.0. The van der Waals surface area contributed by atoms with Crippen molar-refractivity contribution in [3.8, 4) is 6.07 Å². The molecule has 0 aliphatic carbocycles. The molecule has 9 heteroatoms. The standard InChI is InChI=1S/C21H21F2N5O2/c1-14(15-4-6-27(2)12-15)7-16-10-25-5-3-18(16)20(30)26-11-19(29)28-13-21(22,23)8-17(28)9-24/h3-7,10,12,17H,8,11,13H2,1-2H3,(H,26,30)/b14-7+. The lowest BCUT2D eigenvalue weighted by Crippen LogP contribution is -2.43. The number of likely N-dealkylation sites (tertiary alicyclic amines) is 1. The zero-order valence-electron chi connectivity index (χ0n) is 16.6. The van der Waals surface area contributed by atoms with E-state index in [1.54, 1.807) is 6.07 Å². The number of pyridine rings is 1. The number of carbonyl (C=O) groups excluding carboxylic acids is 2. The maximum Gasteiger partial charge on any atom is 0.268 e. The third kappa shape index (κ3) is 4.71. The molecule has 0 bridgehead atoms. The SMILES string of the molecule is C/C(=C\c1cnccc1C(=O)NCC(=O)N1CC(F)(F)CC1C#N)c1ccn(C)c1. The minimum absolute atomic E-state index is 0.302. The van der Waals surface area contributed by atoms with Crippen LogP contribution in [0.2, 0.25) is 0 Å². The summed E-state index contributed by atoms with van der Waals surface area (Å²) in [6.07, 6.45) is 7.96. The van der Waals surface area contributed by atoms with Gasteiger partial charge in [-0.2, -0.15) is 5.26 Å². The number of carbonyl (C=O) groups is 2. The summed E-state index contributed by atoms with van der Waals surface area (Å²) in [6.45, 7) is 0.610. The van der Waals surface area contributed by atoms with Crippen LogP contribution in [-0.2, 0) is 11.8 Å². The molecule has 7 nitrogen and oxygen atoms in total. The smallest absolute Gasteiger partial charge is 0.268 e. The number of hydrogen-bond acceptors (Lipinski definition) is 4. The van der Waals surface area contributed by atoms with Gasteiger partial charge in [0.1, 0.15) is 6.04 Å². The molecule has 1 N–H and O–H groups in total. The number of nitrogens with zero attached hydrogens (tertiary/aromatic N) is 4. The fraction of sp³-hybridized carbons (Fsp3) is 0.333. The van der Waals surface area contributed by atoms with Gasteiger partial charge >= 0.3 is 0 Å². The van der Waals surface area contributed by atoms with E-state index in [9.17, 15) is 18.4 Å². The van der Waals surface area contributed by atoms with E-state index < -0.39 is 43.3 Å². The number of allylic oxidation sites excluding steroid dienone is 1. The minimum atomic E-state index is -3.10. The first-order chi connectivity index (χ1) is 14.2. The molecule has 3 rings (SSSR count). The summed E-state index contributed by atoms with van der Waals surface area (Å²) in [6, 6.07) is 3.98. The first kappa shape index (κ1) is 21.2. The molecule has 0 aromatic carbocycles. The van der Waals surface area contributed by atoms with Crippen molar-refractivity contribution < 1.29 is 18.4 Å². The fourth-order valence-corrected chi connectivity index (χ4v) is 3.33. The van der Waals surface area contributed by atoms with Crippen molar-refractivity contribution in [2.75, 3.05) is 13.1 Å². The molecule has 0 radical (unpaired) electrons. The highest BCUT2D eigenvalue weighted by molar-refractivity contribution is 6.00. The molecule has 2 aromatic heterocycles. The van der Waals surface area contributed by atoms with Crippen LogP contribution in [0.15, 0.2) is 36.9 Å². The maximum atomic E-state index is 13.5. The maximum absolute atomic E-state index is 13.5. The molecule has 1 unspecified atom stereocenters. The average molecular weight is 413 g/mol. The Morgan fingerprint density at radius 1 is 1.43 bits per heavy atom. The lowest BCUT2D eigenvalue weighted by molar-refractivity contribution is -0.131. The first-order valence-electron chi connectivity index (χ1n) is 9.30. The number of nitriles is 1. The number of amides is 2. The number of aromatic nitrogens is 2. The van der Waals surface area contributed by atoms with Gasteiger partial charge in [0.25, 0.3) is 11.8 Å². The largest absolute Gasteiger partial charge is 0.357 e. The van der Waals surface area contributed by atoms with Gasteiger partial charge in [0.2, 0.25) is 5.91 Å². The van der Waals surface area contributed by atoms with Gasteiger partial charge in [-0.15, -0.1) is 0 Å². The summed E-state index contributed by atoms with van der Waals surface area (Å²) in [7, 11) is 1.91. The van der Waals surface area contributed by atoms with E-state index in [1.807, 2.05) is 43.1 Å². The van der Waals surface area contributed by atoms with Crippen LogP contribution in [0.4, 0.5) is 8.78 Å². The summed E-state index contributed by atoms with van der Waals surface area (Å²) < 4.78 is 29.0. The Kier molecular flexibility index (Phi) is 5.96. The molecule has 3 heterocycles. The van der Waals surface area contributed by atoms with E-state index >= 15 is 0 Å². The van der Waals surface area contributed by atoms with E-state index in [0.717, 1.165) is 16.0 Å². The van der Waals surface area contributed by atoms with Crippen molar-refractivity contribution in [1.82, 2.24) is 19.8 Å². The number of alkyl halides is 2. The van der Waals surface area contributed by atoms with Crippen LogP contribution in [0.1, 0.15) is 34.8 Å². The Labute approximate surface area is 172 Å². The van der Waals surface area contributed by atoms with Gasteiger partial charge in [-0.25, -0.2) is 8.78 Å². The van der Waals surface area contributed by atoms with E-state index in [2.05, 4.69) is 10.3 Å². The first-order valence-corrected chi connectivity index (χ1v) is 9.30. The van der Waals surface area contributed by atoms with E-state index in [4.69, 9.17) is 5.26 Å². The normalized spacial score (nSPS) is 18.2. The van der Waals surface area contributed by atoms with Crippen LogP contribution in [-0.4, -0.2) is 51.3 Å².